The predicted octanol–water partition coefficient (Wildman–Crippen LogP) is 3.83. The molecule has 3 aromatic rings. The molecule has 1 aliphatic rings. The average Bonchev–Trinajstić information content (AvgIpc) is 2.90. The molecule has 0 bridgehead atoms. The summed E-state index contributed by atoms with van der Waals surface area (Å²) in [6.45, 7) is 7.33. The molecule has 1 aliphatic heterocycles. The summed E-state index contributed by atoms with van der Waals surface area (Å²) in [5.41, 5.74) is 4.60. The lowest BCUT2D eigenvalue weighted by molar-refractivity contribution is -0.120. The van der Waals surface area contributed by atoms with Gasteiger partial charge in [-0.1, -0.05) is 60.2 Å². The van der Waals surface area contributed by atoms with Crippen LogP contribution in [0.25, 0.3) is 0 Å². The lowest BCUT2D eigenvalue weighted by Gasteiger charge is -2.26. The normalized spacial score (nSPS) is 13.9. The van der Waals surface area contributed by atoms with Gasteiger partial charge in [0.25, 0.3) is 5.91 Å². The Labute approximate surface area is 207 Å². The van der Waals surface area contributed by atoms with Gasteiger partial charge in [-0.3, -0.25) is 14.5 Å². The molecule has 0 radical (unpaired) electrons. The summed E-state index contributed by atoms with van der Waals surface area (Å²) >= 11 is 0. The Morgan fingerprint density at radius 3 is 2.23 bits per heavy atom. The Hall–Kier alpha value is -3.48. The first kappa shape index (κ1) is 24.6. The summed E-state index contributed by atoms with van der Waals surface area (Å²) in [5, 5.41) is 3.01. The van der Waals surface area contributed by atoms with Gasteiger partial charge in [-0.05, 0) is 42.3 Å². The van der Waals surface area contributed by atoms with Crippen LogP contribution in [0.15, 0.2) is 78.9 Å². The first-order valence-corrected chi connectivity index (χ1v) is 12.2. The molecule has 0 aliphatic carbocycles. The van der Waals surface area contributed by atoms with E-state index in [-0.39, 0.29) is 11.8 Å². The average molecular weight is 472 g/mol. The SMILES string of the molecule is Cc1ccc(CN(C(=O)c2ccccc2)c2ccc(CC(=O)NCCN3CCOCC3)cc2)cc1. The molecule has 4 rings (SSSR count). The van der Waals surface area contributed by atoms with E-state index in [0.717, 1.165) is 49.7 Å². The van der Waals surface area contributed by atoms with E-state index in [0.29, 0.717) is 25.1 Å². The number of rotatable bonds is 9. The van der Waals surface area contributed by atoms with Gasteiger partial charge >= 0.3 is 0 Å². The highest BCUT2D eigenvalue weighted by atomic mass is 16.5. The van der Waals surface area contributed by atoms with Gasteiger partial charge in [-0.2, -0.15) is 0 Å². The van der Waals surface area contributed by atoms with Gasteiger partial charge in [0, 0.05) is 37.4 Å². The van der Waals surface area contributed by atoms with Crippen LogP contribution in [0.3, 0.4) is 0 Å². The van der Waals surface area contributed by atoms with Crippen LogP contribution in [0.1, 0.15) is 27.0 Å². The van der Waals surface area contributed by atoms with Crippen molar-refractivity contribution in [2.45, 2.75) is 19.9 Å². The lowest BCUT2D eigenvalue weighted by atomic mass is 10.1. The van der Waals surface area contributed by atoms with Crippen LogP contribution in [0.5, 0.6) is 0 Å². The number of benzene rings is 3. The van der Waals surface area contributed by atoms with E-state index in [1.54, 1.807) is 4.90 Å². The maximum absolute atomic E-state index is 13.4. The van der Waals surface area contributed by atoms with Crippen molar-refractivity contribution in [2.24, 2.45) is 0 Å². The molecular weight excluding hydrogens is 438 g/mol. The second-order valence-corrected chi connectivity index (χ2v) is 8.89. The smallest absolute Gasteiger partial charge is 0.258 e. The Morgan fingerprint density at radius 2 is 1.54 bits per heavy atom. The number of ether oxygens (including phenoxy) is 1. The predicted molar refractivity (Wildman–Crippen MR) is 139 cm³/mol. The summed E-state index contributed by atoms with van der Waals surface area (Å²) in [7, 11) is 0. The Morgan fingerprint density at radius 1 is 0.886 bits per heavy atom. The maximum Gasteiger partial charge on any atom is 0.258 e. The second-order valence-electron chi connectivity index (χ2n) is 8.89. The van der Waals surface area contributed by atoms with E-state index in [2.05, 4.69) is 34.5 Å². The van der Waals surface area contributed by atoms with Crippen LogP contribution >= 0.6 is 0 Å². The van der Waals surface area contributed by atoms with Gasteiger partial charge in [0.15, 0.2) is 0 Å². The van der Waals surface area contributed by atoms with Crippen molar-refractivity contribution in [3.8, 4) is 0 Å². The van der Waals surface area contributed by atoms with Gasteiger partial charge in [0.2, 0.25) is 5.91 Å². The van der Waals surface area contributed by atoms with E-state index < -0.39 is 0 Å². The fourth-order valence-electron chi connectivity index (χ4n) is 4.11. The molecule has 3 aromatic carbocycles. The lowest BCUT2D eigenvalue weighted by Crippen LogP contribution is -2.41. The topological polar surface area (TPSA) is 61.9 Å². The molecule has 6 heteroatoms. The molecule has 0 spiro atoms. The van der Waals surface area contributed by atoms with Crippen molar-refractivity contribution in [1.29, 1.82) is 0 Å². The Bertz CT molecular complexity index is 1090. The van der Waals surface area contributed by atoms with Gasteiger partial charge < -0.3 is 15.0 Å². The maximum atomic E-state index is 13.4. The summed E-state index contributed by atoms with van der Waals surface area (Å²) in [5.74, 6) is -0.0531. The van der Waals surface area contributed by atoms with E-state index >= 15 is 0 Å². The molecule has 182 valence electrons. The van der Waals surface area contributed by atoms with Crippen molar-refractivity contribution in [3.05, 3.63) is 101 Å². The van der Waals surface area contributed by atoms with Gasteiger partial charge in [0.1, 0.15) is 0 Å². The van der Waals surface area contributed by atoms with E-state index in [9.17, 15) is 9.59 Å². The number of morpholine rings is 1. The molecule has 0 aromatic heterocycles. The fraction of sp³-hybridized carbons (Fsp3) is 0.310. The standard InChI is InChI=1S/C29H33N3O3/c1-23-7-9-25(10-8-23)22-32(29(34)26-5-3-2-4-6-26)27-13-11-24(12-14-27)21-28(33)30-15-16-31-17-19-35-20-18-31/h2-14H,15-22H2,1H3,(H,30,33). The summed E-state index contributed by atoms with van der Waals surface area (Å²) in [6, 6.07) is 25.2. The molecule has 0 atom stereocenters. The largest absolute Gasteiger partial charge is 0.379 e. The van der Waals surface area contributed by atoms with Gasteiger partial charge in [0.05, 0.1) is 26.2 Å². The van der Waals surface area contributed by atoms with E-state index in [1.165, 1.54) is 5.56 Å². The van der Waals surface area contributed by atoms with Crippen LogP contribution in [-0.4, -0.2) is 56.1 Å². The van der Waals surface area contributed by atoms with E-state index in [1.807, 2.05) is 61.5 Å². The Balaban J connectivity index is 1.40. The molecule has 1 fully saturated rings. The highest BCUT2D eigenvalue weighted by Gasteiger charge is 2.18. The first-order valence-electron chi connectivity index (χ1n) is 12.2. The second kappa shape index (κ2) is 12.3. The monoisotopic (exact) mass is 471 g/mol. The van der Waals surface area contributed by atoms with Crippen molar-refractivity contribution in [2.75, 3.05) is 44.3 Å². The highest BCUT2D eigenvalue weighted by molar-refractivity contribution is 6.06. The molecule has 6 nitrogen and oxygen atoms in total. The molecule has 35 heavy (non-hydrogen) atoms. The first-order chi connectivity index (χ1) is 17.1. The minimum Gasteiger partial charge on any atom is -0.379 e. The molecule has 1 N–H and O–H groups in total. The third-order valence-electron chi connectivity index (χ3n) is 6.19. The summed E-state index contributed by atoms with van der Waals surface area (Å²) < 4.78 is 5.36. The third kappa shape index (κ3) is 7.25. The number of carbonyl (C=O) groups is 2. The number of amides is 2. The molecular formula is C29H33N3O3. The Kier molecular flexibility index (Phi) is 8.65. The number of anilines is 1. The molecule has 2 amide bonds. The number of nitrogens with zero attached hydrogens (tertiary/aromatic N) is 2. The fourth-order valence-corrected chi connectivity index (χ4v) is 4.11. The van der Waals surface area contributed by atoms with Crippen molar-refractivity contribution >= 4 is 17.5 Å². The van der Waals surface area contributed by atoms with Crippen molar-refractivity contribution in [3.63, 3.8) is 0 Å². The number of carbonyl (C=O) groups excluding carboxylic acids is 2. The van der Waals surface area contributed by atoms with Crippen molar-refractivity contribution in [1.82, 2.24) is 10.2 Å². The number of hydrogen-bond donors (Lipinski definition) is 1. The molecule has 0 unspecified atom stereocenters. The van der Waals surface area contributed by atoms with Crippen LogP contribution in [0.4, 0.5) is 5.69 Å². The molecule has 1 saturated heterocycles. The van der Waals surface area contributed by atoms with Gasteiger partial charge in [-0.25, -0.2) is 0 Å². The zero-order valence-corrected chi connectivity index (χ0v) is 20.3. The van der Waals surface area contributed by atoms with Gasteiger partial charge in [-0.15, -0.1) is 0 Å². The third-order valence-corrected chi connectivity index (χ3v) is 6.19. The van der Waals surface area contributed by atoms with Crippen LogP contribution in [0, 0.1) is 6.92 Å². The van der Waals surface area contributed by atoms with E-state index in [4.69, 9.17) is 4.74 Å². The quantitative estimate of drug-likeness (QED) is 0.515. The van der Waals surface area contributed by atoms with Crippen LogP contribution in [0.2, 0.25) is 0 Å². The highest BCUT2D eigenvalue weighted by Crippen LogP contribution is 2.22. The number of aryl methyl sites for hydroxylation is 1. The number of hydrogen-bond acceptors (Lipinski definition) is 4. The zero-order chi connectivity index (χ0) is 24.5. The van der Waals surface area contributed by atoms with Crippen LogP contribution in [-0.2, 0) is 22.5 Å². The van der Waals surface area contributed by atoms with Crippen molar-refractivity contribution < 1.29 is 14.3 Å². The van der Waals surface area contributed by atoms with Crippen LogP contribution < -0.4 is 10.2 Å². The molecule has 1 heterocycles. The minimum absolute atomic E-state index is 0.00267. The zero-order valence-electron chi connectivity index (χ0n) is 20.3. The molecule has 0 saturated carbocycles. The minimum atomic E-state index is -0.0558. The summed E-state index contributed by atoms with van der Waals surface area (Å²) in [4.78, 5) is 29.9. The summed E-state index contributed by atoms with van der Waals surface area (Å²) in [6.07, 6.45) is 0.313. The number of nitrogens with one attached hydrogen (secondary N) is 1.